The van der Waals surface area contributed by atoms with E-state index in [1.54, 1.807) is 17.0 Å². The Hall–Kier alpha value is -3.49. The van der Waals surface area contributed by atoms with Crippen LogP contribution in [0, 0.1) is 11.6 Å². The number of likely N-dealkylation sites (tertiary alicyclic amines) is 2. The number of rotatable bonds is 7. The lowest BCUT2D eigenvalue weighted by Crippen LogP contribution is -2.53. The third kappa shape index (κ3) is 5.52. The summed E-state index contributed by atoms with van der Waals surface area (Å²) in [7, 11) is 0. The molecular weight excluding hydrogens is 444 g/mol. The highest BCUT2D eigenvalue weighted by Crippen LogP contribution is 2.26. The molecule has 2 saturated heterocycles. The Morgan fingerprint density at radius 1 is 0.853 bits per heavy atom. The lowest BCUT2D eigenvalue weighted by Gasteiger charge is -2.31. The van der Waals surface area contributed by atoms with Gasteiger partial charge in [0, 0.05) is 19.6 Å². The maximum atomic E-state index is 13.3. The number of urea groups is 1. The number of halogens is 2. The number of hydrogen-bond acceptors (Lipinski definition) is 4. The second-order valence-electron chi connectivity index (χ2n) is 8.54. The van der Waals surface area contributed by atoms with Crippen molar-refractivity contribution in [2.24, 2.45) is 0 Å². The van der Waals surface area contributed by atoms with Crippen LogP contribution >= 0.6 is 0 Å². The predicted octanol–water partition coefficient (Wildman–Crippen LogP) is 3.28. The van der Waals surface area contributed by atoms with Gasteiger partial charge < -0.3 is 19.9 Å². The van der Waals surface area contributed by atoms with Crippen molar-refractivity contribution in [3.05, 3.63) is 65.7 Å². The van der Waals surface area contributed by atoms with Gasteiger partial charge in [-0.15, -0.1) is 0 Å². The molecule has 0 spiro atoms. The average molecular weight is 472 g/mol. The van der Waals surface area contributed by atoms with E-state index >= 15 is 0 Å². The van der Waals surface area contributed by atoms with Gasteiger partial charge >= 0.3 is 6.03 Å². The van der Waals surface area contributed by atoms with Gasteiger partial charge in [0.25, 0.3) is 0 Å². The van der Waals surface area contributed by atoms with Crippen molar-refractivity contribution in [2.45, 2.75) is 44.3 Å². The summed E-state index contributed by atoms with van der Waals surface area (Å²) in [6.07, 6.45) is 2.47. The van der Waals surface area contributed by atoms with Gasteiger partial charge in [0.1, 0.15) is 30.0 Å². The monoisotopic (exact) mass is 471 g/mol. The van der Waals surface area contributed by atoms with Crippen molar-refractivity contribution < 1.29 is 27.9 Å². The molecule has 1 N–H and O–H groups in total. The van der Waals surface area contributed by atoms with Crippen molar-refractivity contribution in [3.63, 3.8) is 0 Å². The first-order valence-corrected chi connectivity index (χ1v) is 11.4. The summed E-state index contributed by atoms with van der Waals surface area (Å²) in [6, 6.07) is 9.65. The number of nitrogens with zero attached hydrogens (tertiary/aromatic N) is 2. The van der Waals surface area contributed by atoms with Crippen LogP contribution in [0.25, 0.3) is 0 Å². The largest absolute Gasteiger partial charge is 0.486 e. The summed E-state index contributed by atoms with van der Waals surface area (Å²) in [6.45, 7) is 0.911. The highest BCUT2D eigenvalue weighted by atomic mass is 19.1. The molecule has 2 atom stereocenters. The van der Waals surface area contributed by atoms with Crippen LogP contribution in [-0.2, 0) is 16.1 Å². The van der Waals surface area contributed by atoms with Crippen molar-refractivity contribution in [1.29, 1.82) is 0 Å². The molecule has 9 heteroatoms. The summed E-state index contributed by atoms with van der Waals surface area (Å²) in [5.41, 5.74) is 0.753. The van der Waals surface area contributed by atoms with Gasteiger partial charge in [-0.3, -0.25) is 9.59 Å². The number of nitrogens with one attached hydrogen (secondary N) is 1. The fourth-order valence-electron chi connectivity index (χ4n) is 4.49. The molecule has 2 aromatic carbocycles. The smallest absolute Gasteiger partial charge is 0.318 e. The van der Waals surface area contributed by atoms with E-state index in [2.05, 4.69) is 5.32 Å². The molecule has 180 valence electrons. The topological polar surface area (TPSA) is 79.0 Å². The van der Waals surface area contributed by atoms with E-state index in [4.69, 9.17) is 4.74 Å². The van der Waals surface area contributed by atoms with E-state index < -0.39 is 17.9 Å². The number of benzene rings is 2. The molecule has 4 rings (SSSR count). The molecule has 0 aliphatic carbocycles. The molecule has 2 heterocycles. The minimum Gasteiger partial charge on any atom is -0.486 e. The lowest BCUT2D eigenvalue weighted by molar-refractivity contribution is -0.141. The van der Waals surface area contributed by atoms with Gasteiger partial charge in [-0.2, -0.15) is 0 Å². The Kier molecular flexibility index (Phi) is 7.40. The average Bonchev–Trinajstić information content (AvgIpc) is 3.53. The van der Waals surface area contributed by atoms with Crippen LogP contribution in [0.1, 0.15) is 31.2 Å². The number of ketones is 1. The standard InChI is InChI=1S/C25H27F2N3O4/c26-18-7-5-17(6-8-18)15-28-25(33)30-14-2-4-22(30)24(32)29-13-1-3-21(29)23(31)16-34-20-11-9-19(27)10-12-20/h5-12,21-22H,1-4,13-16H2,(H,28,33)/t21-,22+/m0/s1. The van der Waals surface area contributed by atoms with Gasteiger partial charge in [-0.1, -0.05) is 12.1 Å². The van der Waals surface area contributed by atoms with Gasteiger partial charge in [0.05, 0.1) is 6.04 Å². The first-order valence-electron chi connectivity index (χ1n) is 11.4. The number of hydrogen-bond donors (Lipinski definition) is 1. The summed E-state index contributed by atoms with van der Waals surface area (Å²) in [5.74, 6) is -0.815. The van der Waals surface area contributed by atoms with Crippen molar-refractivity contribution in [3.8, 4) is 5.75 Å². The molecule has 0 unspecified atom stereocenters. The number of carbonyl (C=O) groups excluding carboxylic acids is 3. The Morgan fingerprint density at radius 2 is 1.44 bits per heavy atom. The summed E-state index contributed by atoms with van der Waals surface area (Å²) < 4.78 is 31.6. The predicted molar refractivity (Wildman–Crippen MR) is 120 cm³/mol. The minimum atomic E-state index is -0.625. The van der Waals surface area contributed by atoms with Gasteiger partial charge in [0.15, 0.2) is 5.78 Å². The minimum absolute atomic E-state index is 0.216. The maximum absolute atomic E-state index is 13.3. The molecule has 2 aliphatic rings. The summed E-state index contributed by atoms with van der Waals surface area (Å²) in [5, 5.41) is 2.79. The number of ether oxygens (including phenoxy) is 1. The van der Waals surface area contributed by atoms with Crippen LogP contribution in [0.4, 0.5) is 13.6 Å². The van der Waals surface area contributed by atoms with Crippen molar-refractivity contribution >= 4 is 17.7 Å². The fourth-order valence-corrected chi connectivity index (χ4v) is 4.49. The molecule has 2 fully saturated rings. The molecule has 0 saturated carbocycles. The van der Waals surface area contributed by atoms with E-state index in [-0.39, 0.29) is 36.7 Å². The number of Topliss-reactive ketones (excluding diaryl/α,β-unsaturated/α-hetero) is 1. The second-order valence-corrected chi connectivity index (χ2v) is 8.54. The van der Waals surface area contributed by atoms with Gasteiger partial charge in [-0.05, 0) is 67.6 Å². The highest BCUT2D eigenvalue weighted by Gasteiger charge is 2.42. The third-order valence-corrected chi connectivity index (χ3v) is 6.26. The molecule has 3 amide bonds. The molecular formula is C25H27F2N3O4. The summed E-state index contributed by atoms with van der Waals surface area (Å²) >= 11 is 0. The Morgan fingerprint density at radius 3 is 2.12 bits per heavy atom. The van der Waals surface area contributed by atoms with Crippen LogP contribution in [-0.4, -0.2) is 59.3 Å². The SMILES string of the molecule is O=C(COc1ccc(F)cc1)[C@@H]1CCCN1C(=O)[C@H]1CCCN1C(=O)NCc1ccc(F)cc1. The normalized spacial score (nSPS) is 19.8. The third-order valence-electron chi connectivity index (χ3n) is 6.26. The molecule has 0 bridgehead atoms. The molecule has 0 radical (unpaired) electrons. The van der Waals surface area contributed by atoms with Crippen LogP contribution in [0.2, 0.25) is 0 Å². The van der Waals surface area contributed by atoms with Crippen LogP contribution in [0.15, 0.2) is 48.5 Å². The van der Waals surface area contributed by atoms with Crippen molar-refractivity contribution in [1.82, 2.24) is 15.1 Å². The molecule has 0 aromatic heterocycles. The number of carbonyl (C=O) groups is 3. The molecule has 7 nitrogen and oxygen atoms in total. The van der Waals surface area contributed by atoms with E-state index in [9.17, 15) is 23.2 Å². The first kappa shape index (κ1) is 23.7. The van der Waals surface area contributed by atoms with Crippen LogP contribution in [0.5, 0.6) is 5.75 Å². The summed E-state index contributed by atoms with van der Waals surface area (Å²) in [4.78, 5) is 42.0. The van der Waals surface area contributed by atoms with E-state index in [0.717, 1.165) is 5.56 Å². The van der Waals surface area contributed by atoms with E-state index in [1.165, 1.54) is 41.3 Å². The first-order chi connectivity index (χ1) is 16.4. The van der Waals surface area contributed by atoms with E-state index in [0.29, 0.717) is 44.5 Å². The fraction of sp³-hybridized carbons (Fsp3) is 0.400. The van der Waals surface area contributed by atoms with Crippen LogP contribution < -0.4 is 10.1 Å². The van der Waals surface area contributed by atoms with Crippen molar-refractivity contribution in [2.75, 3.05) is 19.7 Å². The molecule has 34 heavy (non-hydrogen) atoms. The Bertz CT molecular complexity index is 948. The second kappa shape index (κ2) is 10.6. The Labute approximate surface area is 196 Å². The molecule has 2 aliphatic heterocycles. The lowest BCUT2D eigenvalue weighted by atomic mass is 10.1. The zero-order valence-corrected chi connectivity index (χ0v) is 18.7. The van der Waals surface area contributed by atoms with E-state index in [1.807, 2.05) is 0 Å². The highest BCUT2D eigenvalue weighted by molar-refractivity contribution is 5.94. The number of amides is 3. The Balaban J connectivity index is 1.34. The zero-order valence-electron chi connectivity index (χ0n) is 18.7. The zero-order chi connectivity index (χ0) is 24.1. The quantitative estimate of drug-likeness (QED) is 0.672. The maximum Gasteiger partial charge on any atom is 0.318 e. The van der Waals surface area contributed by atoms with Crippen LogP contribution in [0.3, 0.4) is 0 Å². The molecule has 2 aromatic rings. The van der Waals surface area contributed by atoms with Gasteiger partial charge in [-0.25, -0.2) is 13.6 Å². The van der Waals surface area contributed by atoms with Gasteiger partial charge in [0.2, 0.25) is 5.91 Å².